The molecule has 0 bridgehead atoms. The molecule has 0 spiro atoms. The molecule has 3 aromatic rings. The minimum atomic E-state index is -3.11. The number of rotatable bonds is 5. The summed E-state index contributed by atoms with van der Waals surface area (Å²) in [6.45, 7) is 3.75. The van der Waals surface area contributed by atoms with E-state index < -0.39 is 11.6 Å². The Hall–Kier alpha value is -3.21. The molecule has 164 valence electrons. The number of hydrogen-bond acceptors (Lipinski definition) is 7. The molecule has 1 saturated heterocycles. The minimum Gasteiger partial charge on any atom is -0.353 e. The van der Waals surface area contributed by atoms with Crippen molar-refractivity contribution in [2.45, 2.75) is 32.2 Å². The normalized spacial score (nSPS) is 17.0. The zero-order valence-corrected chi connectivity index (χ0v) is 17.8. The number of pyridine rings is 1. The highest BCUT2D eigenvalue weighted by molar-refractivity contribution is 5.95. The van der Waals surface area contributed by atoms with Crippen LogP contribution in [0.15, 0.2) is 24.5 Å². The van der Waals surface area contributed by atoms with Crippen LogP contribution in [0.2, 0.25) is 0 Å². The van der Waals surface area contributed by atoms with E-state index in [0.29, 0.717) is 23.2 Å². The van der Waals surface area contributed by atoms with E-state index in [9.17, 15) is 13.6 Å². The average Bonchev–Trinajstić information content (AvgIpc) is 3.31. The fourth-order valence-electron chi connectivity index (χ4n) is 3.68. The molecular weight excluding hydrogens is 406 g/mol. The van der Waals surface area contributed by atoms with Gasteiger partial charge in [-0.15, -0.1) is 5.10 Å². The summed E-state index contributed by atoms with van der Waals surface area (Å²) in [7, 11) is 4.08. The molecule has 0 saturated carbocycles. The Morgan fingerprint density at radius 2 is 2.10 bits per heavy atom. The van der Waals surface area contributed by atoms with Gasteiger partial charge in [0.1, 0.15) is 11.5 Å². The van der Waals surface area contributed by atoms with Gasteiger partial charge in [-0.3, -0.25) is 4.79 Å². The molecule has 11 heteroatoms. The summed E-state index contributed by atoms with van der Waals surface area (Å²) in [6.07, 6.45) is 3.89. The van der Waals surface area contributed by atoms with E-state index in [-0.39, 0.29) is 11.9 Å². The summed E-state index contributed by atoms with van der Waals surface area (Å²) in [4.78, 5) is 28.3. The summed E-state index contributed by atoms with van der Waals surface area (Å²) in [5, 5.41) is 8.05. The van der Waals surface area contributed by atoms with Crippen LogP contribution in [0.3, 0.4) is 0 Å². The Morgan fingerprint density at radius 1 is 1.32 bits per heavy atom. The maximum Gasteiger partial charge on any atom is 0.287 e. The zero-order chi connectivity index (χ0) is 22.3. The van der Waals surface area contributed by atoms with Gasteiger partial charge in [0.05, 0.1) is 10.9 Å². The third-order valence-corrected chi connectivity index (χ3v) is 5.33. The SMILES string of the molecule is CC(=O)Nc1cc2c(cn1)c(N1CCC(N(C)C)C1)nn2-c1nccc(C(C)(F)F)n1. The molecule has 1 atom stereocenters. The minimum absolute atomic E-state index is 0.0265. The molecule has 31 heavy (non-hydrogen) atoms. The zero-order valence-electron chi connectivity index (χ0n) is 17.8. The van der Waals surface area contributed by atoms with Crippen molar-refractivity contribution in [3.63, 3.8) is 0 Å². The third kappa shape index (κ3) is 4.18. The largest absolute Gasteiger partial charge is 0.353 e. The van der Waals surface area contributed by atoms with Crippen molar-refractivity contribution in [2.24, 2.45) is 0 Å². The van der Waals surface area contributed by atoms with E-state index in [1.54, 1.807) is 12.3 Å². The Morgan fingerprint density at radius 3 is 2.74 bits per heavy atom. The molecule has 1 aliphatic heterocycles. The van der Waals surface area contributed by atoms with Crippen LogP contribution in [0.5, 0.6) is 0 Å². The number of anilines is 2. The highest BCUT2D eigenvalue weighted by Crippen LogP contribution is 2.32. The van der Waals surface area contributed by atoms with Crippen molar-refractivity contribution >= 4 is 28.4 Å². The number of aromatic nitrogens is 5. The van der Waals surface area contributed by atoms with E-state index in [1.165, 1.54) is 23.9 Å². The van der Waals surface area contributed by atoms with Gasteiger partial charge in [-0.05, 0) is 26.6 Å². The second kappa shape index (κ2) is 7.80. The maximum absolute atomic E-state index is 13.9. The van der Waals surface area contributed by atoms with Crippen LogP contribution in [-0.2, 0) is 10.7 Å². The Kier molecular flexibility index (Phi) is 5.29. The molecule has 1 amide bonds. The fourth-order valence-corrected chi connectivity index (χ4v) is 3.68. The Bertz CT molecular complexity index is 1120. The van der Waals surface area contributed by atoms with Gasteiger partial charge < -0.3 is 15.1 Å². The predicted molar refractivity (Wildman–Crippen MR) is 113 cm³/mol. The first-order chi connectivity index (χ1) is 14.6. The molecule has 0 radical (unpaired) electrons. The van der Waals surface area contributed by atoms with Crippen molar-refractivity contribution < 1.29 is 13.6 Å². The second-order valence-corrected chi connectivity index (χ2v) is 7.99. The van der Waals surface area contributed by atoms with Crippen LogP contribution < -0.4 is 10.2 Å². The van der Waals surface area contributed by atoms with Crippen LogP contribution in [0.1, 0.15) is 26.0 Å². The monoisotopic (exact) mass is 430 g/mol. The first kappa shape index (κ1) is 21.0. The molecule has 0 aromatic carbocycles. The van der Waals surface area contributed by atoms with Gasteiger partial charge in [0.25, 0.3) is 11.9 Å². The van der Waals surface area contributed by atoms with E-state index >= 15 is 0 Å². The lowest BCUT2D eigenvalue weighted by molar-refractivity contribution is -0.114. The number of carbonyl (C=O) groups excluding carboxylic acids is 1. The summed E-state index contributed by atoms with van der Waals surface area (Å²) < 4.78 is 29.1. The molecule has 1 aliphatic rings. The average molecular weight is 430 g/mol. The first-order valence-electron chi connectivity index (χ1n) is 9.93. The van der Waals surface area contributed by atoms with Gasteiger partial charge in [0, 0.05) is 51.4 Å². The van der Waals surface area contributed by atoms with E-state index in [0.717, 1.165) is 31.8 Å². The smallest absolute Gasteiger partial charge is 0.287 e. The quantitative estimate of drug-likeness (QED) is 0.665. The third-order valence-electron chi connectivity index (χ3n) is 5.33. The van der Waals surface area contributed by atoms with E-state index in [2.05, 4.69) is 35.2 Å². The Balaban J connectivity index is 1.85. The molecule has 1 N–H and O–H groups in total. The Labute approximate surface area is 178 Å². The lowest BCUT2D eigenvalue weighted by atomic mass is 10.2. The lowest BCUT2D eigenvalue weighted by Crippen LogP contribution is -2.31. The van der Waals surface area contributed by atoms with Crippen molar-refractivity contribution in [3.05, 3.63) is 30.2 Å². The summed E-state index contributed by atoms with van der Waals surface area (Å²) in [6, 6.07) is 3.21. The van der Waals surface area contributed by atoms with Crippen molar-refractivity contribution in [1.82, 2.24) is 29.6 Å². The highest BCUT2D eigenvalue weighted by atomic mass is 19.3. The lowest BCUT2D eigenvalue weighted by Gasteiger charge is -2.20. The van der Waals surface area contributed by atoms with E-state index in [4.69, 9.17) is 0 Å². The molecule has 9 nitrogen and oxygen atoms in total. The van der Waals surface area contributed by atoms with Gasteiger partial charge in [-0.2, -0.15) is 13.5 Å². The first-order valence-corrected chi connectivity index (χ1v) is 9.93. The predicted octanol–water partition coefficient (Wildman–Crippen LogP) is 2.42. The topological polar surface area (TPSA) is 92.1 Å². The van der Waals surface area contributed by atoms with Gasteiger partial charge in [-0.1, -0.05) is 0 Å². The number of carbonyl (C=O) groups is 1. The standard InChI is InChI=1S/C20H24F2N8O/c1-12(31)25-17-9-15-14(10-24-17)18(29-8-6-13(11-29)28(3)4)27-30(15)19-23-7-5-16(26-19)20(2,21)22/h5,7,9-10,13H,6,8,11H2,1-4H3,(H,24,25,31). The summed E-state index contributed by atoms with van der Waals surface area (Å²) in [5.74, 6) is -2.34. The fraction of sp³-hybridized carbons (Fsp3) is 0.450. The number of alkyl halides is 2. The number of nitrogens with one attached hydrogen (secondary N) is 1. The van der Waals surface area contributed by atoms with Crippen LogP contribution in [-0.4, -0.2) is 68.8 Å². The summed E-state index contributed by atoms with van der Waals surface area (Å²) >= 11 is 0. The molecule has 0 aliphatic carbocycles. The molecule has 4 heterocycles. The highest BCUT2D eigenvalue weighted by Gasteiger charge is 2.30. The number of halogens is 2. The van der Waals surface area contributed by atoms with Crippen LogP contribution in [0.4, 0.5) is 20.4 Å². The van der Waals surface area contributed by atoms with Gasteiger partial charge >= 0.3 is 0 Å². The van der Waals surface area contributed by atoms with Gasteiger partial charge in [0.2, 0.25) is 5.91 Å². The van der Waals surface area contributed by atoms with Crippen molar-refractivity contribution in [2.75, 3.05) is 37.4 Å². The number of likely N-dealkylation sites (N-methyl/N-ethyl adjacent to an activating group) is 1. The second-order valence-electron chi connectivity index (χ2n) is 7.99. The summed E-state index contributed by atoms with van der Waals surface area (Å²) in [5.41, 5.74) is 0.173. The number of hydrogen-bond donors (Lipinski definition) is 1. The molecule has 1 unspecified atom stereocenters. The van der Waals surface area contributed by atoms with Crippen LogP contribution in [0, 0.1) is 0 Å². The van der Waals surface area contributed by atoms with Crippen molar-refractivity contribution in [1.29, 1.82) is 0 Å². The van der Waals surface area contributed by atoms with Crippen LogP contribution >= 0.6 is 0 Å². The van der Waals surface area contributed by atoms with E-state index in [1.807, 2.05) is 14.1 Å². The number of nitrogens with zero attached hydrogens (tertiary/aromatic N) is 7. The number of amides is 1. The molecule has 1 fully saturated rings. The van der Waals surface area contributed by atoms with Crippen molar-refractivity contribution in [3.8, 4) is 5.95 Å². The van der Waals surface area contributed by atoms with Crippen LogP contribution in [0.25, 0.3) is 16.9 Å². The number of fused-ring (bicyclic) bond motifs is 1. The van der Waals surface area contributed by atoms with Gasteiger partial charge in [0.15, 0.2) is 5.82 Å². The molecule has 4 rings (SSSR count). The maximum atomic E-state index is 13.9. The van der Waals surface area contributed by atoms with Gasteiger partial charge in [-0.25, -0.2) is 15.0 Å². The molecular formula is C20H24F2N8O. The molecule has 3 aromatic heterocycles.